The smallest absolute Gasteiger partial charge is 0.272 e. The molecular weight excluding hydrogens is 409 g/mol. The molecule has 0 atom stereocenters. The fourth-order valence-corrected chi connectivity index (χ4v) is 4.57. The molecule has 0 unspecified atom stereocenters. The van der Waals surface area contributed by atoms with E-state index in [0.717, 1.165) is 33.6 Å². The number of ether oxygens (including phenoxy) is 1. The summed E-state index contributed by atoms with van der Waals surface area (Å²) >= 11 is 0. The molecule has 7 nitrogen and oxygen atoms in total. The zero-order valence-electron chi connectivity index (χ0n) is 17.4. The Bertz CT molecular complexity index is 1410. The number of nitrogens with zero attached hydrogens (tertiary/aromatic N) is 3. The third kappa shape index (κ3) is 2.83. The second-order valence-electron chi connectivity index (χ2n) is 8.11. The number of amides is 1. The highest BCUT2D eigenvalue weighted by molar-refractivity contribution is 6.04. The van der Waals surface area contributed by atoms with Gasteiger partial charge in [-0.2, -0.15) is 0 Å². The molecule has 4 heterocycles. The number of anilines is 1. The Morgan fingerprint density at radius 3 is 3.03 bits per heavy atom. The minimum atomic E-state index is -0.279. The number of aromatic nitrogens is 3. The number of hydrogen-bond acceptors (Lipinski definition) is 5. The van der Waals surface area contributed by atoms with Crippen LogP contribution >= 0.6 is 0 Å². The van der Waals surface area contributed by atoms with E-state index in [1.165, 1.54) is 6.07 Å². The molecule has 160 valence electrons. The molecule has 32 heavy (non-hydrogen) atoms. The molecule has 0 saturated carbocycles. The van der Waals surface area contributed by atoms with Crippen molar-refractivity contribution >= 4 is 17.4 Å². The summed E-state index contributed by atoms with van der Waals surface area (Å²) in [6.07, 6.45) is 4.01. The van der Waals surface area contributed by atoms with Gasteiger partial charge in [-0.05, 0) is 30.2 Å². The highest BCUT2D eigenvalue weighted by Crippen LogP contribution is 2.34. The van der Waals surface area contributed by atoms with Crippen molar-refractivity contribution in [3.05, 3.63) is 76.6 Å². The van der Waals surface area contributed by atoms with Gasteiger partial charge in [0.15, 0.2) is 5.69 Å². The molecule has 4 aromatic rings. The van der Waals surface area contributed by atoms with Crippen molar-refractivity contribution < 1.29 is 13.9 Å². The fourth-order valence-electron chi connectivity index (χ4n) is 4.57. The fraction of sp³-hybridized carbons (Fsp3) is 0.208. The van der Waals surface area contributed by atoms with E-state index in [2.05, 4.69) is 26.7 Å². The Morgan fingerprint density at radius 2 is 2.12 bits per heavy atom. The number of fused-ring (bicyclic) bond motifs is 3. The van der Waals surface area contributed by atoms with Gasteiger partial charge in [0, 0.05) is 42.4 Å². The van der Waals surface area contributed by atoms with Gasteiger partial charge in [0.05, 0.1) is 12.1 Å². The number of rotatable bonds is 3. The summed E-state index contributed by atoms with van der Waals surface area (Å²) in [5.74, 6) is 0.703. The van der Waals surface area contributed by atoms with Gasteiger partial charge in [-0.3, -0.25) is 9.20 Å². The van der Waals surface area contributed by atoms with Gasteiger partial charge in [-0.1, -0.05) is 23.8 Å². The van der Waals surface area contributed by atoms with Crippen LogP contribution in [0.2, 0.25) is 0 Å². The number of benzene rings is 2. The van der Waals surface area contributed by atoms with Gasteiger partial charge in [0.25, 0.3) is 5.91 Å². The van der Waals surface area contributed by atoms with Crippen LogP contribution in [0.5, 0.6) is 5.75 Å². The van der Waals surface area contributed by atoms with Crippen molar-refractivity contribution in [1.82, 2.24) is 19.7 Å². The molecule has 0 bridgehead atoms. The Morgan fingerprint density at radius 1 is 1.22 bits per heavy atom. The van der Waals surface area contributed by atoms with E-state index < -0.39 is 0 Å². The van der Waals surface area contributed by atoms with Gasteiger partial charge in [0.1, 0.15) is 17.9 Å². The zero-order chi connectivity index (χ0) is 21.8. The molecule has 6 rings (SSSR count). The quantitative estimate of drug-likeness (QED) is 0.520. The van der Waals surface area contributed by atoms with Crippen LogP contribution in [-0.4, -0.2) is 26.9 Å². The first-order valence-electron chi connectivity index (χ1n) is 10.5. The molecule has 2 N–H and O–H groups in total. The Hall–Kier alpha value is -3.94. The van der Waals surface area contributed by atoms with Crippen molar-refractivity contribution in [2.45, 2.75) is 26.4 Å². The van der Waals surface area contributed by atoms with Gasteiger partial charge in [-0.25, -0.2) is 14.4 Å². The third-order valence-electron chi connectivity index (χ3n) is 6.14. The molecule has 2 aliphatic rings. The number of halogens is 1. The lowest BCUT2D eigenvalue weighted by Gasteiger charge is -2.18. The Kier molecular flexibility index (Phi) is 4.14. The van der Waals surface area contributed by atoms with Crippen molar-refractivity contribution in [3.8, 4) is 16.9 Å². The largest absolute Gasteiger partial charge is 0.493 e. The maximum atomic E-state index is 14.6. The lowest BCUT2D eigenvalue weighted by atomic mass is 9.96. The molecule has 0 radical (unpaired) electrons. The molecule has 0 saturated heterocycles. The molecule has 0 aliphatic carbocycles. The summed E-state index contributed by atoms with van der Waals surface area (Å²) in [5.41, 5.74) is 6.46. The molecule has 0 spiro atoms. The topological polar surface area (TPSA) is 80.6 Å². The third-order valence-corrected chi connectivity index (χ3v) is 6.14. The first kappa shape index (κ1) is 18.8. The first-order chi connectivity index (χ1) is 15.6. The van der Waals surface area contributed by atoms with E-state index in [9.17, 15) is 9.18 Å². The number of hydrogen-bond donors (Lipinski definition) is 2. The summed E-state index contributed by atoms with van der Waals surface area (Å²) in [6.45, 7) is 3.25. The summed E-state index contributed by atoms with van der Waals surface area (Å²) < 4.78 is 21.9. The predicted octanol–water partition coefficient (Wildman–Crippen LogP) is 3.63. The first-order valence-corrected chi connectivity index (χ1v) is 10.5. The van der Waals surface area contributed by atoms with Gasteiger partial charge in [-0.15, -0.1) is 0 Å². The standard InChI is InChI=1S/C24H20FN5O2/c1-13-2-3-15-14(8-13)9-26-23(31)21-22-18(15)11-28-24(30(22)12-29-21)27-10-17-16-6-7-32-20(16)5-4-19(17)25/h2-5,8,11-12H,6-7,9-10H2,1H3,(H,26,31)(H,27,28). The highest BCUT2D eigenvalue weighted by Gasteiger charge is 2.24. The van der Waals surface area contributed by atoms with Gasteiger partial charge >= 0.3 is 0 Å². The van der Waals surface area contributed by atoms with Crippen LogP contribution in [0.1, 0.15) is 32.7 Å². The lowest BCUT2D eigenvalue weighted by molar-refractivity contribution is 0.0948. The van der Waals surface area contributed by atoms with Crippen LogP contribution in [0.3, 0.4) is 0 Å². The number of nitrogens with one attached hydrogen (secondary N) is 2. The molecule has 2 aliphatic heterocycles. The van der Waals surface area contributed by atoms with Crippen LogP contribution in [0.4, 0.5) is 10.3 Å². The Balaban J connectivity index is 1.45. The van der Waals surface area contributed by atoms with Crippen molar-refractivity contribution in [2.24, 2.45) is 0 Å². The molecule has 2 aromatic carbocycles. The van der Waals surface area contributed by atoms with E-state index in [-0.39, 0.29) is 18.3 Å². The molecule has 1 amide bonds. The van der Waals surface area contributed by atoms with E-state index in [0.29, 0.717) is 42.3 Å². The number of imidazole rings is 1. The van der Waals surface area contributed by atoms with Crippen LogP contribution < -0.4 is 15.4 Å². The maximum Gasteiger partial charge on any atom is 0.272 e. The summed E-state index contributed by atoms with van der Waals surface area (Å²) in [7, 11) is 0. The molecule has 2 aromatic heterocycles. The molecular formula is C24H20FN5O2. The van der Waals surface area contributed by atoms with Crippen LogP contribution in [0.15, 0.2) is 42.9 Å². The minimum Gasteiger partial charge on any atom is -0.493 e. The van der Waals surface area contributed by atoms with Crippen LogP contribution in [0.25, 0.3) is 16.6 Å². The average molecular weight is 429 g/mol. The van der Waals surface area contributed by atoms with Crippen molar-refractivity contribution in [2.75, 3.05) is 11.9 Å². The number of aryl methyl sites for hydroxylation is 1. The average Bonchev–Trinajstić information content (AvgIpc) is 3.44. The monoisotopic (exact) mass is 429 g/mol. The second-order valence-corrected chi connectivity index (χ2v) is 8.11. The van der Waals surface area contributed by atoms with E-state index in [1.54, 1.807) is 23.0 Å². The SMILES string of the molecule is Cc1ccc2c(c1)CNC(=O)c1ncn3c(NCc4c(F)ccc5c4CCO5)ncc-2c13. The van der Waals surface area contributed by atoms with E-state index >= 15 is 0 Å². The number of carbonyl (C=O) groups is 1. The summed E-state index contributed by atoms with van der Waals surface area (Å²) in [6, 6.07) is 9.26. The highest BCUT2D eigenvalue weighted by atomic mass is 19.1. The van der Waals surface area contributed by atoms with Gasteiger partial charge < -0.3 is 15.4 Å². The van der Waals surface area contributed by atoms with Crippen LogP contribution in [-0.2, 0) is 19.5 Å². The normalized spacial score (nSPS) is 14.2. The van der Waals surface area contributed by atoms with E-state index in [1.807, 2.05) is 19.1 Å². The minimum absolute atomic E-state index is 0.234. The molecule has 8 heteroatoms. The predicted molar refractivity (Wildman–Crippen MR) is 117 cm³/mol. The zero-order valence-corrected chi connectivity index (χ0v) is 17.4. The number of carbonyl (C=O) groups excluding carboxylic acids is 1. The van der Waals surface area contributed by atoms with Gasteiger partial charge in [0.2, 0.25) is 5.95 Å². The maximum absolute atomic E-state index is 14.6. The van der Waals surface area contributed by atoms with Crippen LogP contribution in [0, 0.1) is 12.7 Å². The van der Waals surface area contributed by atoms with Crippen molar-refractivity contribution in [3.63, 3.8) is 0 Å². The second kappa shape index (κ2) is 7.05. The molecule has 0 fully saturated rings. The van der Waals surface area contributed by atoms with Crippen molar-refractivity contribution in [1.29, 1.82) is 0 Å². The summed E-state index contributed by atoms with van der Waals surface area (Å²) in [5, 5.41) is 6.18. The Labute approximate surface area is 183 Å². The lowest BCUT2D eigenvalue weighted by Crippen LogP contribution is -2.25. The summed E-state index contributed by atoms with van der Waals surface area (Å²) in [4.78, 5) is 21.7. The van der Waals surface area contributed by atoms with E-state index in [4.69, 9.17) is 4.74 Å².